The van der Waals surface area contributed by atoms with Gasteiger partial charge in [-0.05, 0) is 32.1 Å². The fraction of sp³-hybridized carbons (Fsp3) is 0.333. The van der Waals surface area contributed by atoms with Gasteiger partial charge in [-0.2, -0.15) is 5.10 Å². The van der Waals surface area contributed by atoms with Gasteiger partial charge in [0.1, 0.15) is 6.33 Å². The first-order chi connectivity index (χ1) is 9.20. The molecule has 0 aliphatic heterocycles. The summed E-state index contributed by atoms with van der Waals surface area (Å²) in [7, 11) is 1.91. The molecule has 1 aromatic carbocycles. The number of benzene rings is 1. The summed E-state index contributed by atoms with van der Waals surface area (Å²) in [6.45, 7) is 1.72. The minimum absolute atomic E-state index is 0.0669. The fourth-order valence-electron chi connectivity index (χ4n) is 1.68. The van der Waals surface area contributed by atoms with E-state index in [0.29, 0.717) is 5.82 Å². The van der Waals surface area contributed by atoms with Crippen LogP contribution in [-0.2, 0) is 6.54 Å². The zero-order valence-electron chi connectivity index (χ0n) is 10.6. The molecule has 0 radical (unpaired) electrons. The molecule has 0 amide bonds. The Labute approximate surface area is 110 Å². The first-order valence-electron chi connectivity index (χ1n) is 5.99. The molecule has 7 nitrogen and oxygen atoms in total. The van der Waals surface area contributed by atoms with E-state index in [-0.39, 0.29) is 5.69 Å². The van der Waals surface area contributed by atoms with Crippen molar-refractivity contribution in [2.75, 3.05) is 13.6 Å². The lowest BCUT2D eigenvalue weighted by Crippen LogP contribution is -2.11. The molecule has 1 N–H and O–H groups in total. The summed E-state index contributed by atoms with van der Waals surface area (Å²) < 4.78 is 1.77. The van der Waals surface area contributed by atoms with Crippen LogP contribution in [0.4, 0.5) is 5.69 Å². The zero-order chi connectivity index (χ0) is 13.7. The van der Waals surface area contributed by atoms with Crippen molar-refractivity contribution < 1.29 is 4.92 Å². The molecule has 7 heteroatoms. The molecule has 2 rings (SSSR count). The van der Waals surface area contributed by atoms with Gasteiger partial charge in [0.2, 0.25) is 0 Å². The summed E-state index contributed by atoms with van der Waals surface area (Å²) in [5.41, 5.74) is 0.843. The van der Waals surface area contributed by atoms with Gasteiger partial charge in [0, 0.05) is 24.2 Å². The molecule has 0 spiro atoms. The molecule has 0 aliphatic rings. The summed E-state index contributed by atoms with van der Waals surface area (Å²) in [5.74, 6) is 0.583. The Morgan fingerprint density at radius 2 is 2.11 bits per heavy atom. The molecule has 2 aromatic rings. The van der Waals surface area contributed by atoms with Crippen molar-refractivity contribution in [3.8, 4) is 11.4 Å². The number of aryl methyl sites for hydroxylation is 1. The van der Waals surface area contributed by atoms with Gasteiger partial charge in [0.05, 0.1) is 4.92 Å². The summed E-state index contributed by atoms with van der Waals surface area (Å²) in [6, 6.07) is 6.23. The third-order valence-electron chi connectivity index (χ3n) is 2.69. The van der Waals surface area contributed by atoms with E-state index in [2.05, 4.69) is 15.4 Å². The highest BCUT2D eigenvalue weighted by Gasteiger charge is 2.08. The molecular formula is C12H15N5O2. The molecule has 19 heavy (non-hydrogen) atoms. The van der Waals surface area contributed by atoms with Crippen molar-refractivity contribution in [1.82, 2.24) is 20.1 Å². The maximum atomic E-state index is 10.6. The maximum Gasteiger partial charge on any atom is 0.269 e. The number of non-ortho nitro benzene ring substituents is 1. The quantitative estimate of drug-likeness (QED) is 0.483. The predicted molar refractivity (Wildman–Crippen MR) is 70.7 cm³/mol. The predicted octanol–water partition coefficient (Wildman–Crippen LogP) is 1.46. The number of nitrogens with zero attached hydrogens (tertiary/aromatic N) is 4. The van der Waals surface area contributed by atoms with Crippen LogP contribution in [0.5, 0.6) is 0 Å². The molecule has 0 unspecified atom stereocenters. The molecule has 100 valence electrons. The van der Waals surface area contributed by atoms with E-state index in [4.69, 9.17) is 0 Å². The number of nitro groups is 1. The lowest BCUT2D eigenvalue weighted by molar-refractivity contribution is -0.384. The van der Waals surface area contributed by atoms with Crippen LogP contribution in [0.15, 0.2) is 30.6 Å². The molecule has 0 saturated heterocycles. The van der Waals surface area contributed by atoms with Gasteiger partial charge in [-0.1, -0.05) is 0 Å². The smallest absolute Gasteiger partial charge is 0.269 e. The lowest BCUT2D eigenvalue weighted by atomic mass is 10.2. The molecule has 1 heterocycles. The van der Waals surface area contributed by atoms with Crippen molar-refractivity contribution in [1.29, 1.82) is 0 Å². The van der Waals surface area contributed by atoms with E-state index in [1.807, 2.05) is 7.05 Å². The topological polar surface area (TPSA) is 85.9 Å². The highest BCUT2D eigenvalue weighted by Crippen LogP contribution is 2.18. The van der Waals surface area contributed by atoms with Crippen LogP contribution in [0.2, 0.25) is 0 Å². The average molecular weight is 261 g/mol. The second kappa shape index (κ2) is 6.05. The zero-order valence-corrected chi connectivity index (χ0v) is 10.6. The van der Waals surface area contributed by atoms with Crippen LogP contribution in [0.1, 0.15) is 6.42 Å². The maximum absolute atomic E-state index is 10.6. The number of hydrogen-bond donors (Lipinski definition) is 1. The third kappa shape index (κ3) is 3.35. The monoisotopic (exact) mass is 261 g/mol. The number of nitrogens with one attached hydrogen (secondary N) is 1. The molecule has 1 aromatic heterocycles. The van der Waals surface area contributed by atoms with Crippen molar-refractivity contribution in [3.63, 3.8) is 0 Å². The van der Waals surface area contributed by atoms with Gasteiger partial charge in [-0.3, -0.25) is 14.8 Å². The van der Waals surface area contributed by atoms with Crippen LogP contribution in [0.3, 0.4) is 0 Å². The van der Waals surface area contributed by atoms with Gasteiger partial charge < -0.3 is 5.32 Å². The van der Waals surface area contributed by atoms with Gasteiger partial charge in [-0.15, -0.1) is 0 Å². The Bertz CT molecular complexity index is 550. The summed E-state index contributed by atoms with van der Waals surface area (Å²) in [5, 5.41) is 18.0. The molecule has 0 atom stereocenters. The molecule has 0 aliphatic carbocycles. The molecule has 0 bridgehead atoms. The third-order valence-corrected chi connectivity index (χ3v) is 2.69. The Morgan fingerprint density at radius 1 is 1.37 bits per heavy atom. The van der Waals surface area contributed by atoms with E-state index in [1.54, 1.807) is 23.1 Å². The van der Waals surface area contributed by atoms with E-state index in [9.17, 15) is 10.1 Å². The SMILES string of the molecule is CNCCCn1cnc(-c2ccc([N+](=O)[O-])cc2)n1. The van der Waals surface area contributed by atoms with Crippen LogP contribution in [-0.4, -0.2) is 33.3 Å². The summed E-state index contributed by atoms with van der Waals surface area (Å²) >= 11 is 0. The Hall–Kier alpha value is -2.28. The van der Waals surface area contributed by atoms with Crippen LogP contribution >= 0.6 is 0 Å². The number of hydrogen-bond acceptors (Lipinski definition) is 5. The van der Waals surface area contributed by atoms with E-state index in [1.165, 1.54) is 12.1 Å². The van der Waals surface area contributed by atoms with Crippen molar-refractivity contribution >= 4 is 5.69 Å². The number of aromatic nitrogens is 3. The van der Waals surface area contributed by atoms with Gasteiger partial charge >= 0.3 is 0 Å². The van der Waals surface area contributed by atoms with E-state index in [0.717, 1.165) is 25.1 Å². The molecule has 0 fully saturated rings. The standard InChI is InChI=1S/C12H15N5O2/c1-13-7-2-8-16-9-14-12(15-16)10-3-5-11(6-4-10)17(18)19/h3-6,9,13H,2,7-8H2,1H3. The first-order valence-corrected chi connectivity index (χ1v) is 5.99. The van der Waals surface area contributed by atoms with Gasteiger partial charge in [-0.25, -0.2) is 4.98 Å². The van der Waals surface area contributed by atoms with Crippen molar-refractivity contribution in [2.45, 2.75) is 13.0 Å². The van der Waals surface area contributed by atoms with Crippen LogP contribution in [0, 0.1) is 10.1 Å². The van der Waals surface area contributed by atoms with Crippen LogP contribution < -0.4 is 5.32 Å². The second-order valence-corrected chi connectivity index (χ2v) is 4.09. The summed E-state index contributed by atoms with van der Waals surface area (Å²) in [4.78, 5) is 14.3. The molecular weight excluding hydrogens is 246 g/mol. The lowest BCUT2D eigenvalue weighted by Gasteiger charge is -1.99. The highest BCUT2D eigenvalue weighted by atomic mass is 16.6. The minimum atomic E-state index is -0.423. The fourth-order valence-corrected chi connectivity index (χ4v) is 1.68. The molecule has 0 saturated carbocycles. The average Bonchev–Trinajstić information content (AvgIpc) is 2.88. The van der Waals surface area contributed by atoms with E-state index >= 15 is 0 Å². The first kappa shape index (κ1) is 13.2. The summed E-state index contributed by atoms with van der Waals surface area (Å²) in [6.07, 6.45) is 2.64. The van der Waals surface area contributed by atoms with Gasteiger partial charge in [0.15, 0.2) is 5.82 Å². The highest BCUT2D eigenvalue weighted by molar-refractivity contribution is 5.56. The minimum Gasteiger partial charge on any atom is -0.320 e. The largest absolute Gasteiger partial charge is 0.320 e. The Balaban J connectivity index is 2.07. The van der Waals surface area contributed by atoms with Gasteiger partial charge in [0.25, 0.3) is 5.69 Å². The van der Waals surface area contributed by atoms with Crippen LogP contribution in [0.25, 0.3) is 11.4 Å². The van der Waals surface area contributed by atoms with E-state index < -0.39 is 4.92 Å². The Morgan fingerprint density at radius 3 is 2.74 bits per heavy atom. The normalized spacial score (nSPS) is 10.6. The Kier molecular flexibility index (Phi) is 4.19. The van der Waals surface area contributed by atoms with Crippen molar-refractivity contribution in [2.24, 2.45) is 0 Å². The second-order valence-electron chi connectivity index (χ2n) is 4.09. The number of rotatable bonds is 6. The number of nitro benzene ring substituents is 1. The van der Waals surface area contributed by atoms with Crippen molar-refractivity contribution in [3.05, 3.63) is 40.7 Å².